The zero-order valence-corrected chi connectivity index (χ0v) is 13.7. The van der Waals surface area contributed by atoms with E-state index in [2.05, 4.69) is 0 Å². The highest BCUT2D eigenvalue weighted by molar-refractivity contribution is 5.98. The molecule has 5 heteroatoms. The normalized spacial score (nSPS) is 15.4. The summed E-state index contributed by atoms with van der Waals surface area (Å²) in [6.45, 7) is 4.45. The number of aldehydes is 1. The number of carbonyl (C=O) groups is 2. The molecule has 2 aromatic rings. The Kier molecular flexibility index (Phi) is 4.25. The second-order valence-electron chi connectivity index (χ2n) is 6.04. The minimum Gasteiger partial charge on any atom is -0.492 e. The molecule has 3 rings (SSSR count). The summed E-state index contributed by atoms with van der Waals surface area (Å²) in [6.07, 6.45) is 0.785. The zero-order chi connectivity index (χ0) is 17.2. The van der Waals surface area contributed by atoms with Crippen molar-refractivity contribution >= 4 is 12.2 Å². The van der Waals surface area contributed by atoms with Gasteiger partial charge in [-0.15, -0.1) is 0 Å². The number of benzene rings is 2. The molecule has 0 unspecified atom stereocenters. The topological polar surface area (TPSA) is 55.8 Å². The molecular weight excluding hydrogens is 306 g/mol. The molecule has 0 N–H and O–H groups in total. The Balaban J connectivity index is 1.67. The molecule has 0 aromatic heterocycles. The average Bonchev–Trinajstić information content (AvgIpc) is 2.58. The van der Waals surface area contributed by atoms with Crippen LogP contribution in [0.3, 0.4) is 0 Å². The molecule has 2 aromatic carbocycles. The number of para-hydroxylation sites is 1. The van der Waals surface area contributed by atoms with E-state index in [0.717, 1.165) is 6.29 Å². The molecule has 1 aliphatic heterocycles. The van der Waals surface area contributed by atoms with Crippen LogP contribution in [0.2, 0.25) is 0 Å². The Labute approximate surface area is 140 Å². The number of rotatable bonds is 5. The summed E-state index contributed by atoms with van der Waals surface area (Å²) in [5.41, 5.74) is 0.419. The molecule has 124 valence electrons. The van der Waals surface area contributed by atoms with Crippen molar-refractivity contribution in [2.24, 2.45) is 0 Å². The smallest absolute Gasteiger partial charge is 0.260 e. The lowest BCUT2D eigenvalue weighted by Gasteiger charge is -2.42. The van der Waals surface area contributed by atoms with Crippen molar-refractivity contribution in [1.82, 2.24) is 4.90 Å². The minimum atomic E-state index is -0.740. The van der Waals surface area contributed by atoms with E-state index in [1.165, 1.54) is 0 Å². The third kappa shape index (κ3) is 3.11. The van der Waals surface area contributed by atoms with E-state index in [4.69, 9.17) is 9.47 Å². The van der Waals surface area contributed by atoms with Crippen LogP contribution in [0.1, 0.15) is 34.6 Å². The molecule has 0 aliphatic carbocycles. The number of nitrogens with zero attached hydrogens (tertiary/aromatic N) is 1. The minimum absolute atomic E-state index is 0.0678. The van der Waals surface area contributed by atoms with Crippen LogP contribution in [0, 0.1) is 0 Å². The van der Waals surface area contributed by atoms with Crippen molar-refractivity contribution in [3.63, 3.8) is 0 Å². The van der Waals surface area contributed by atoms with E-state index in [9.17, 15) is 9.59 Å². The predicted octanol–water partition coefficient (Wildman–Crippen LogP) is 3.15. The standard InChI is InChI=1S/C19H19NO4/c1-19(2)20(18(22)16-5-3-4-6-17(16)24-19)11-12-23-15-9-7-14(13-21)8-10-15/h3-10,13H,11-12H2,1-2H3. The van der Waals surface area contributed by atoms with Crippen LogP contribution in [0.4, 0.5) is 0 Å². The Hall–Kier alpha value is -2.82. The van der Waals surface area contributed by atoms with Crippen LogP contribution in [0.25, 0.3) is 0 Å². The number of hydrogen-bond donors (Lipinski definition) is 0. The van der Waals surface area contributed by atoms with Crippen molar-refractivity contribution < 1.29 is 19.1 Å². The fraction of sp³-hybridized carbons (Fsp3) is 0.263. The molecule has 1 aliphatic rings. The Morgan fingerprint density at radius 3 is 2.54 bits per heavy atom. The van der Waals surface area contributed by atoms with E-state index >= 15 is 0 Å². The van der Waals surface area contributed by atoms with Gasteiger partial charge in [0.2, 0.25) is 0 Å². The van der Waals surface area contributed by atoms with Gasteiger partial charge in [0.05, 0.1) is 12.1 Å². The van der Waals surface area contributed by atoms with E-state index in [1.54, 1.807) is 41.3 Å². The van der Waals surface area contributed by atoms with Gasteiger partial charge in [0.15, 0.2) is 5.72 Å². The highest BCUT2D eigenvalue weighted by Crippen LogP contribution is 2.32. The third-order valence-electron chi connectivity index (χ3n) is 3.97. The highest BCUT2D eigenvalue weighted by atomic mass is 16.5. The van der Waals surface area contributed by atoms with Crippen molar-refractivity contribution in [2.75, 3.05) is 13.2 Å². The second kappa shape index (κ2) is 6.35. The predicted molar refractivity (Wildman–Crippen MR) is 89.5 cm³/mol. The van der Waals surface area contributed by atoms with Gasteiger partial charge in [-0.2, -0.15) is 0 Å². The van der Waals surface area contributed by atoms with Crippen molar-refractivity contribution in [2.45, 2.75) is 19.6 Å². The lowest BCUT2D eigenvalue weighted by atomic mass is 10.1. The van der Waals surface area contributed by atoms with E-state index < -0.39 is 5.72 Å². The lowest BCUT2D eigenvalue weighted by Crippen LogP contribution is -2.55. The van der Waals surface area contributed by atoms with Crippen molar-refractivity contribution in [1.29, 1.82) is 0 Å². The highest BCUT2D eigenvalue weighted by Gasteiger charge is 2.39. The van der Waals surface area contributed by atoms with E-state index in [-0.39, 0.29) is 5.91 Å². The molecule has 24 heavy (non-hydrogen) atoms. The monoisotopic (exact) mass is 325 g/mol. The van der Waals surface area contributed by atoms with Gasteiger partial charge in [-0.1, -0.05) is 12.1 Å². The largest absolute Gasteiger partial charge is 0.492 e. The summed E-state index contributed by atoms with van der Waals surface area (Å²) in [4.78, 5) is 25.0. The van der Waals surface area contributed by atoms with Gasteiger partial charge in [-0.25, -0.2) is 0 Å². The summed E-state index contributed by atoms with van der Waals surface area (Å²) >= 11 is 0. The summed E-state index contributed by atoms with van der Waals surface area (Å²) in [5, 5.41) is 0. The quantitative estimate of drug-likeness (QED) is 0.793. The van der Waals surface area contributed by atoms with Gasteiger partial charge in [-0.05, 0) is 50.2 Å². The van der Waals surface area contributed by atoms with Crippen LogP contribution >= 0.6 is 0 Å². The van der Waals surface area contributed by atoms with Gasteiger partial charge in [0.1, 0.15) is 24.4 Å². The van der Waals surface area contributed by atoms with Crippen LogP contribution in [-0.2, 0) is 0 Å². The molecule has 0 saturated carbocycles. The molecule has 1 heterocycles. The first-order valence-corrected chi connectivity index (χ1v) is 7.79. The van der Waals surface area contributed by atoms with Crippen LogP contribution < -0.4 is 9.47 Å². The van der Waals surface area contributed by atoms with Gasteiger partial charge in [0, 0.05) is 5.56 Å². The maximum absolute atomic E-state index is 12.7. The van der Waals surface area contributed by atoms with E-state index in [0.29, 0.717) is 35.8 Å². The van der Waals surface area contributed by atoms with Crippen molar-refractivity contribution in [3.8, 4) is 11.5 Å². The first-order valence-electron chi connectivity index (χ1n) is 7.79. The average molecular weight is 325 g/mol. The SMILES string of the molecule is CC1(C)Oc2ccccc2C(=O)N1CCOc1ccc(C=O)cc1. The number of carbonyl (C=O) groups excluding carboxylic acids is 2. The van der Waals surface area contributed by atoms with Gasteiger partial charge < -0.3 is 9.47 Å². The number of fused-ring (bicyclic) bond motifs is 1. The number of hydrogen-bond acceptors (Lipinski definition) is 4. The van der Waals surface area contributed by atoms with E-state index in [1.807, 2.05) is 26.0 Å². The molecule has 1 amide bonds. The molecule has 0 atom stereocenters. The number of ether oxygens (including phenoxy) is 2. The Morgan fingerprint density at radius 2 is 1.83 bits per heavy atom. The lowest BCUT2D eigenvalue weighted by molar-refractivity contribution is -0.0531. The fourth-order valence-electron chi connectivity index (χ4n) is 2.71. The Morgan fingerprint density at radius 1 is 1.12 bits per heavy atom. The van der Waals surface area contributed by atoms with Gasteiger partial charge in [0.25, 0.3) is 5.91 Å². The summed E-state index contributed by atoms with van der Waals surface area (Å²) < 4.78 is 11.6. The zero-order valence-electron chi connectivity index (χ0n) is 13.7. The van der Waals surface area contributed by atoms with Crippen LogP contribution in [-0.4, -0.2) is 36.0 Å². The first kappa shape index (κ1) is 16.1. The Bertz CT molecular complexity index is 752. The fourth-order valence-corrected chi connectivity index (χ4v) is 2.71. The third-order valence-corrected chi connectivity index (χ3v) is 3.97. The van der Waals surface area contributed by atoms with Crippen LogP contribution in [0.5, 0.6) is 11.5 Å². The summed E-state index contributed by atoms with van der Waals surface area (Å²) in [6, 6.07) is 14.1. The van der Waals surface area contributed by atoms with Gasteiger partial charge in [-0.3, -0.25) is 14.5 Å². The second-order valence-corrected chi connectivity index (χ2v) is 6.04. The molecular formula is C19H19NO4. The van der Waals surface area contributed by atoms with Crippen molar-refractivity contribution in [3.05, 3.63) is 59.7 Å². The molecule has 0 fully saturated rings. The van der Waals surface area contributed by atoms with Crippen LogP contribution in [0.15, 0.2) is 48.5 Å². The van der Waals surface area contributed by atoms with Gasteiger partial charge >= 0.3 is 0 Å². The summed E-state index contributed by atoms with van der Waals surface area (Å²) in [7, 11) is 0. The maximum atomic E-state index is 12.7. The first-order chi connectivity index (χ1) is 11.5. The molecule has 0 saturated heterocycles. The maximum Gasteiger partial charge on any atom is 0.260 e. The molecule has 0 bridgehead atoms. The number of amides is 1. The summed E-state index contributed by atoms with van der Waals surface area (Å²) in [5.74, 6) is 1.19. The molecule has 0 radical (unpaired) electrons. The molecule has 5 nitrogen and oxygen atoms in total. The molecule has 0 spiro atoms.